The number of carbonyl (C=O) groups excluding carboxylic acids is 1. The minimum Gasteiger partial charge on any atom is -0.372 e. The molecule has 0 spiro atoms. The molecule has 6 nitrogen and oxygen atoms in total. The average molecular weight is 354 g/mol. The van der Waals surface area contributed by atoms with Crippen LogP contribution in [0.25, 0.3) is 0 Å². The molecule has 1 atom stereocenters. The van der Waals surface area contributed by atoms with Gasteiger partial charge in [-0.2, -0.15) is 0 Å². The first kappa shape index (κ1) is 17.2. The maximum atomic E-state index is 12.3. The topological polar surface area (TPSA) is 75.5 Å². The van der Waals surface area contributed by atoms with Crippen LogP contribution < -0.4 is 10.2 Å². The number of benzene rings is 1. The number of hydrogen-bond acceptors (Lipinski definition) is 5. The van der Waals surface area contributed by atoms with E-state index in [1.54, 1.807) is 37.2 Å². The maximum Gasteiger partial charge on any atom is 0.293 e. The molecule has 122 valence electrons. The number of thiophene rings is 1. The standard InChI is InChI=1S/C15H16ClN3O3S/c1-9(13-6-7-14(16)23-13)17-15(20)10-4-5-11(18(2)3)12(8-10)19(21)22/h4-9H,1-3H3,(H,17,20)/t9-/m1/s1. The van der Waals surface area contributed by atoms with Crippen LogP contribution in [0, 0.1) is 10.1 Å². The van der Waals surface area contributed by atoms with E-state index in [0.29, 0.717) is 10.0 Å². The summed E-state index contributed by atoms with van der Waals surface area (Å²) in [7, 11) is 3.43. The van der Waals surface area contributed by atoms with E-state index in [1.807, 2.05) is 13.0 Å². The van der Waals surface area contributed by atoms with Crippen molar-refractivity contribution in [3.05, 3.63) is 55.2 Å². The predicted molar refractivity (Wildman–Crippen MR) is 92.6 cm³/mol. The Morgan fingerprint density at radius 3 is 2.57 bits per heavy atom. The Labute approximate surface area is 142 Å². The fraction of sp³-hybridized carbons (Fsp3) is 0.267. The second-order valence-corrected chi connectivity index (χ2v) is 6.94. The summed E-state index contributed by atoms with van der Waals surface area (Å²) < 4.78 is 0.645. The van der Waals surface area contributed by atoms with Gasteiger partial charge in [-0.15, -0.1) is 11.3 Å². The Morgan fingerprint density at radius 2 is 2.04 bits per heavy atom. The first-order valence-electron chi connectivity index (χ1n) is 6.81. The molecule has 0 saturated carbocycles. The minimum absolute atomic E-state index is 0.102. The highest BCUT2D eigenvalue weighted by Crippen LogP contribution is 2.29. The van der Waals surface area contributed by atoms with Crippen LogP contribution in [0.4, 0.5) is 11.4 Å². The number of carbonyl (C=O) groups is 1. The molecule has 2 rings (SSSR count). The minimum atomic E-state index is -0.491. The van der Waals surface area contributed by atoms with Crippen LogP contribution in [-0.2, 0) is 0 Å². The SMILES string of the molecule is C[C@@H](NC(=O)c1ccc(N(C)C)c([N+](=O)[O-])c1)c1ccc(Cl)s1. The fourth-order valence-electron chi connectivity index (χ4n) is 2.10. The molecule has 1 aromatic carbocycles. The zero-order chi connectivity index (χ0) is 17.1. The fourth-order valence-corrected chi connectivity index (χ4v) is 3.16. The summed E-state index contributed by atoms with van der Waals surface area (Å²) in [6.45, 7) is 1.84. The Bertz CT molecular complexity index is 745. The molecule has 0 aliphatic rings. The van der Waals surface area contributed by atoms with Crippen LogP contribution in [0.2, 0.25) is 4.34 Å². The molecule has 1 aromatic heterocycles. The van der Waals surface area contributed by atoms with Gasteiger partial charge in [0.1, 0.15) is 5.69 Å². The van der Waals surface area contributed by atoms with Crippen molar-refractivity contribution < 1.29 is 9.72 Å². The van der Waals surface area contributed by atoms with Gasteiger partial charge in [-0.1, -0.05) is 11.6 Å². The number of hydrogen-bond donors (Lipinski definition) is 1. The van der Waals surface area contributed by atoms with E-state index in [2.05, 4.69) is 5.32 Å². The number of nitrogens with zero attached hydrogens (tertiary/aromatic N) is 2. The molecule has 0 aliphatic heterocycles. The van der Waals surface area contributed by atoms with Gasteiger partial charge in [0.25, 0.3) is 11.6 Å². The van der Waals surface area contributed by atoms with Gasteiger partial charge in [-0.25, -0.2) is 0 Å². The van der Waals surface area contributed by atoms with Crippen LogP contribution in [-0.4, -0.2) is 24.9 Å². The van der Waals surface area contributed by atoms with Gasteiger partial charge in [0.15, 0.2) is 0 Å². The van der Waals surface area contributed by atoms with E-state index >= 15 is 0 Å². The molecular formula is C15H16ClN3O3S. The van der Waals surface area contributed by atoms with Crippen LogP contribution in [0.5, 0.6) is 0 Å². The van der Waals surface area contributed by atoms with Gasteiger partial charge in [-0.05, 0) is 31.2 Å². The normalized spacial score (nSPS) is 11.8. The molecule has 0 unspecified atom stereocenters. The first-order valence-corrected chi connectivity index (χ1v) is 8.01. The number of anilines is 1. The van der Waals surface area contributed by atoms with Crippen LogP contribution in [0.15, 0.2) is 30.3 Å². The van der Waals surface area contributed by atoms with Crippen molar-refractivity contribution in [2.45, 2.75) is 13.0 Å². The summed E-state index contributed by atoms with van der Waals surface area (Å²) >= 11 is 7.27. The Hall–Kier alpha value is -2.12. The van der Waals surface area contributed by atoms with E-state index in [-0.39, 0.29) is 23.2 Å². The van der Waals surface area contributed by atoms with Crippen molar-refractivity contribution in [1.82, 2.24) is 5.32 Å². The molecular weight excluding hydrogens is 338 g/mol. The van der Waals surface area contributed by atoms with Gasteiger partial charge < -0.3 is 10.2 Å². The van der Waals surface area contributed by atoms with Crippen molar-refractivity contribution in [1.29, 1.82) is 0 Å². The van der Waals surface area contributed by atoms with E-state index in [1.165, 1.54) is 17.4 Å². The van der Waals surface area contributed by atoms with Crippen molar-refractivity contribution >= 4 is 40.2 Å². The zero-order valence-electron chi connectivity index (χ0n) is 12.9. The molecule has 0 radical (unpaired) electrons. The third-order valence-corrected chi connectivity index (χ3v) is 4.70. The summed E-state index contributed by atoms with van der Waals surface area (Å²) in [5.74, 6) is -0.365. The largest absolute Gasteiger partial charge is 0.372 e. The quantitative estimate of drug-likeness (QED) is 0.654. The maximum absolute atomic E-state index is 12.3. The van der Waals surface area contributed by atoms with E-state index in [0.717, 1.165) is 4.88 Å². The van der Waals surface area contributed by atoms with Gasteiger partial charge in [0.2, 0.25) is 0 Å². The molecule has 0 aliphatic carbocycles. The lowest BCUT2D eigenvalue weighted by molar-refractivity contribution is -0.384. The molecule has 23 heavy (non-hydrogen) atoms. The molecule has 0 bridgehead atoms. The molecule has 1 heterocycles. The smallest absolute Gasteiger partial charge is 0.293 e. The summed E-state index contributed by atoms with van der Waals surface area (Å²) in [6, 6.07) is 7.81. The third-order valence-electron chi connectivity index (χ3n) is 3.28. The second-order valence-electron chi connectivity index (χ2n) is 5.19. The van der Waals surface area contributed by atoms with Crippen LogP contribution >= 0.6 is 22.9 Å². The highest BCUT2D eigenvalue weighted by atomic mass is 35.5. The monoisotopic (exact) mass is 353 g/mol. The summed E-state index contributed by atoms with van der Waals surface area (Å²) in [6.07, 6.45) is 0. The van der Waals surface area contributed by atoms with E-state index in [4.69, 9.17) is 11.6 Å². The van der Waals surface area contributed by atoms with Crippen molar-refractivity contribution in [2.75, 3.05) is 19.0 Å². The van der Waals surface area contributed by atoms with Crippen molar-refractivity contribution in [3.8, 4) is 0 Å². The molecule has 0 saturated heterocycles. The first-order chi connectivity index (χ1) is 10.8. The molecule has 8 heteroatoms. The molecule has 1 amide bonds. The van der Waals surface area contributed by atoms with Gasteiger partial charge in [0, 0.05) is 30.6 Å². The predicted octanol–water partition coefficient (Wildman–Crippen LogP) is 3.87. The lowest BCUT2D eigenvalue weighted by Crippen LogP contribution is -2.26. The average Bonchev–Trinajstić information content (AvgIpc) is 2.93. The summed E-state index contributed by atoms with van der Waals surface area (Å²) in [4.78, 5) is 25.6. The van der Waals surface area contributed by atoms with Crippen molar-refractivity contribution in [2.24, 2.45) is 0 Å². The lowest BCUT2D eigenvalue weighted by Gasteiger charge is -2.15. The van der Waals surface area contributed by atoms with Gasteiger partial charge in [0.05, 0.1) is 15.3 Å². The Balaban J connectivity index is 2.22. The molecule has 0 fully saturated rings. The number of nitrogens with one attached hydrogen (secondary N) is 1. The van der Waals surface area contributed by atoms with Crippen LogP contribution in [0.1, 0.15) is 28.2 Å². The van der Waals surface area contributed by atoms with E-state index in [9.17, 15) is 14.9 Å². The zero-order valence-corrected chi connectivity index (χ0v) is 14.4. The number of amides is 1. The highest BCUT2D eigenvalue weighted by molar-refractivity contribution is 7.16. The summed E-state index contributed by atoms with van der Waals surface area (Å²) in [5, 5.41) is 14.0. The Kier molecular flexibility index (Phi) is 5.23. The van der Waals surface area contributed by atoms with Crippen molar-refractivity contribution in [3.63, 3.8) is 0 Å². The number of nitro groups is 1. The molecule has 2 aromatic rings. The van der Waals surface area contributed by atoms with E-state index < -0.39 is 4.92 Å². The number of rotatable bonds is 5. The second kappa shape index (κ2) is 6.97. The lowest BCUT2D eigenvalue weighted by atomic mass is 10.1. The molecule has 1 N–H and O–H groups in total. The third kappa shape index (κ3) is 4.00. The van der Waals surface area contributed by atoms with Gasteiger partial charge >= 0.3 is 0 Å². The summed E-state index contributed by atoms with van der Waals surface area (Å²) in [5.41, 5.74) is 0.593. The number of halogens is 1. The highest BCUT2D eigenvalue weighted by Gasteiger charge is 2.20. The Morgan fingerprint density at radius 1 is 1.35 bits per heavy atom. The van der Waals surface area contributed by atoms with Crippen LogP contribution in [0.3, 0.4) is 0 Å². The van der Waals surface area contributed by atoms with Gasteiger partial charge in [-0.3, -0.25) is 14.9 Å². The number of nitro benzene ring substituents is 1.